The second kappa shape index (κ2) is 6.66. The van der Waals surface area contributed by atoms with Gasteiger partial charge < -0.3 is 9.47 Å². The highest BCUT2D eigenvalue weighted by Crippen LogP contribution is 2.04. The summed E-state index contributed by atoms with van der Waals surface area (Å²) in [6, 6.07) is 0. The summed E-state index contributed by atoms with van der Waals surface area (Å²) in [5.41, 5.74) is 0. The third-order valence-electron chi connectivity index (χ3n) is 2.88. The fraction of sp³-hybridized carbons (Fsp3) is 0.750. The first-order chi connectivity index (χ1) is 7.75. The largest absolute Gasteiger partial charge is 0.337 e. The van der Waals surface area contributed by atoms with Gasteiger partial charge in [-0.1, -0.05) is 13.8 Å². The van der Waals surface area contributed by atoms with Crippen molar-refractivity contribution in [3.8, 4) is 0 Å². The minimum absolute atomic E-state index is 0.983. The third kappa shape index (κ3) is 3.61. The predicted octanol–water partition coefficient (Wildman–Crippen LogP) is 1.19. The summed E-state index contributed by atoms with van der Waals surface area (Å²) in [5.74, 6) is 1.16. The van der Waals surface area contributed by atoms with E-state index in [0.29, 0.717) is 0 Å². The quantitative estimate of drug-likeness (QED) is 0.754. The van der Waals surface area contributed by atoms with E-state index in [1.165, 1.54) is 13.1 Å². The van der Waals surface area contributed by atoms with Crippen molar-refractivity contribution in [2.75, 3.05) is 33.2 Å². The van der Waals surface area contributed by atoms with Crippen LogP contribution in [-0.4, -0.2) is 52.6 Å². The van der Waals surface area contributed by atoms with Gasteiger partial charge in [0, 0.05) is 45.6 Å². The van der Waals surface area contributed by atoms with Gasteiger partial charge in [0.2, 0.25) is 0 Å². The van der Waals surface area contributed by atoms with Crippen LogP contribution in [-0.2, 0) is 13.6 Å². The molecule has 1 aliphatic heterocycles. The Hall–Kier alpha value is -0.870. The topological polar surface area (TPSA) is 24.3 Å². The van der Waals surface area contributed by atoms with Crippen LogP contribution in [0.2, 0.25) is 0 Å². The maximum absolute atomic E-state index is 4.34. The van der Waals surface area contributed by atoms with Gasteiger partial charge >= 0.3 is 0 Å². The Morgan fingerprint density at radius 2 is 1.75 bits per heavy atom. The molecule has 0 unspecified atom stereocenters. The highest BCUT2D eigenvalue weighted by molar-refractivity contribution is 4.91. The van der Waals surface area contributed by atoms with Crippen molar-refractivity contribution in [2.24, 2.45) is 7.05 Å². The molecule has 0 atom stereocenters. The number of rotatable bonds is 2. The lowest BCUT2D eigenvalue weighted by Gasteiger charge is -2.31. The van der Waals surface area contributed by atoms with Crippen molar-refractivity contribution < 1.29 is 0 Å². The maximum Gasteiger partial charge on any atom is 0.122 e. The van der Waals surface area contributed by atoms with Crippen molar-refractivity contribution in [3.63, 3.8) is 0 Å². The molecule has 0 aromatic carbocycles. The molecule has 1 aliphatic rings. The minimum Gasteiger partial charge on any atom is -0.337 e. The van der Waals surface area contributed by atoms with Gasteiger partial charge in [0.05, 0.1) is 6.54 Å². The molecule has 0 N–H and O–H groups in total. The molecule has 1 saturated heterocycles. The molecule has 1 aromatic heterocycles. The minimum atomic E-state index is 0.983. The van der Waals surface area contributed by atoms with E-state index in [1.54, 1.807) is 0 Å². The van der Waals surface area contributed by atoms with E-state index < -0.39 is 0 Å². The van der Waals surface area contributed by atoms with Gasteiger partial charge in [-0.2, -0.15) is 0 Å². The summed E-state index contributed by atoms with van der Waals surface area (Å²) >= 11 is 0. The van der Waals surface area contributed by atoms with Crippen molar-refractivity contribution in [1.82, 2.24) is 19.4 Å². The van der Waals surface area contributed by atoms with E-state index in [9.17, 15) is 0 Å². The molecule has 0 radical (unpaired) electrons. The van der Waals surface area contributed by atoms with Gasteiger partial charge in [0.15, 0.2) is 0 Å². The molecular weight excluding hydrogens is 200 g/mol. The number of imidazole rings is 1. The average Bonchev–Trinajstić information content (AvgIpc) is 2.71. The zero-order valence-corrected chi connectivity index (χ0v) is 11.0. The summed E-state index contributed by atoms with van der Waals surface area (Å²) < 4.78 is 2.10. The number of likely N-dealkylation sites (N-methyl/N-ethyl adjacent to an activating group) is 1. The monoisotopic (exact) mass is 224 g/mol. The van der Waals surface area contributed by atoms with Gasteiger partial charge in [-0.15, -0.1) is 0 Å². The van der Waals surface area contributed by atoms with Crippen LogP contribution in [0.25, 0.3) is 0 Å². The second-order valence-electron chi connectivity index (χ2n) is 4.03. The first kappa shape index (κ1) is 13.2. The van der Waals surface area contributed by atoms with Crippen LogP contribution in [0.4, 0.5) is 0 Å². The van der Waals surface area contributed by atoms with Crippen molar-refractivity contribution in [2.45, 2.75) is 20.4 Å². The third-order valence-corrected chi connectivity index (χ3v) is 2.88. The first-order valence-corrected chi connectivity index (χ1v) is 6.13. The average molecular weight is 224 g/mol. The number of nitrogens with zero attached hydrogens (tertiary/aromatic N) is 4. The molecule has 4 heteroatoms. The lowest BCUT2D eigenvalue weighted by Crippen LogP contribution is -2.44. The lowest BCUT2D eigenvalue weighted by molar-refractivity contribution is 0.144. The summed E-state index contributed by atoms with van der Waals surface area (Å²) in [6.45, 7) is 9.64. The Morgan fingerprint density at radius 3 is 2.25 bits per heavy atom. The van der Waals surface area contributed by atoms with E-state index in [4.69, 9.17) is 0 Å². The van der Waals surface area contributed by atoms with Crippen LogP contribution in [0, 0.1) is 0 Å². The molecule has 0 aliphatic carbocycles. The highest BCUT2D eigenvalue weighted by Gasteiger charge is 2.14. The summed E-state index contributed by atoms with van der Waals surface area (Å²) in [7, 11) is 4.23. The van der Waals surface area contributed by atoms with E-state index in [1.807, 2.05) is 26.2 Å². The van der Waals surface area contributed by atoms with Gasteiger partial charge in [-0.3, -0.25) is 4.90 Å². The van der Waals surface area contributed by atoms with Crippen molar-refractivity contribution in [3.05, 3.63) is 18.2 Å². The molecule has 4 nitrogen and oxygen atoms in total. The molecule has 2 rings (SSSR count). The van der Waals surface area contributed by atoms with E-state index >= 15 is 0 Å². The number of aromatic nitrogens is 2. The Labute approximate surface area is 98.9 Å². The second-order valence-corrected chi connectivity index (χ2v) is 4.03. The number of hydrogen-bond acceptors (Lipinski definition) is 3. The molecule has 1 fully saturated rings. The smallest absolute Gasteiger partial charge is 0.122 e. The highest BCUT2D eigenvalue weighted by atomic mass is 15.3. The normalized spacial score (nSPS) is 18.0. The summed E-state index contributed by atoms with van der Waals surface area (Å²) in [4.78, 5) is 9.17. The SMILES string of the molecule is CC.CN1CCN(Cc2nccn2C)CC1. The fourth-order valence-corrected chi connectivity index (χ4v) is 1.75. The molecule has 0 amide bonds. The number of hydrogen-bond donors (Lipinski definition) is 0. The summed E-state index contributed by atoms with van der Waals surface area (Å²) in [6.07, 6.45) is 3.87. The van der Waals surface area contributed by atoms with E-state index in [0.717, 1.165) is 25.5 Å². The molecule has 0 bridgehead atoms. The molecule has 0 spiro atoms. The van der Waals surface area contributed by atoms with Crippen molar-refractivity contribution >= 4 is 0 Å². The molecule has 16 heavy (non-hydrogen) atoms. The van der Waals surface area contributed by atoms with E-state index in [-0.39, 0.29) is 0 Å². The molecule has 92 valence electrons. The first-order valence-electron chi connectivity index (χ1n) is 6.13. The van der Waals surface area contributed by atoms with Gasteiger partial charge in [-0.05, 0) is 7.05 Å². The Balaban J connectivity index is 0.000000606. The Kier molecular flexibility index (Phi) is 5.49. The van der Waals surface area contributed by atoms with Crippen LogP contribution >= 0.6 is 0 Å². The number of piperazine rings is 1. The predicted molar refractivity (Wildman–Crippen MR) is 67.3 cm³/mol. The van der Waals surface area contributed by atoms with Crippen LogP contribution in [0.5, 0.6) is 0 Å². The zero-order chi connectivity index (χ0) is 12.0. The van der Waals surface area contributed by atoms with Crippen LogP contribution in [0.1, 0.15) is 19.7 Å². The van der Waals surface area contributed by atoms with E-state index in [2.05, 4.69) is 33.4 Å². The Morgan fingerprint density at radius 1 is 1.12 bits per heavy atom. The van der Waals surface area contributed by atoms with Crippen LogP contribution in [0.3, 0.4) is 0 Å². The van der Waals surface area contributed by atoms with Gasteiger partial charge in [-0.25, -0.2) is 4.98 Å². The Bertz CT molecular complexity index is 287. The maximum atomic E-state index is 4.34. The van der Waals surface area contributed by atoms with Gasteiger partial charge in [0.25, 0.3) is 0 Å². The van der Waals surface area contributed by atoms with Crippen LogP contribution in [0.15, 0.2) is 12.4 Å². The zero-order valence-electron chi connectivity index (χ0n) is 11.0. The number of aryl methyl sites for hydroxylation is 1. The molecule has 0 saturated carbocycles. The fourth-order valence-electron chi connectivity index (χ4n) is 1.75. The van der Waals surface area contributed by atoms with Crippen LogP contribution < -0.4 is 0 Å². The lowest BCUT2D eigenvalue weighted by atomic mass is 10.3. The summed E-state index contributed by atoms with van der Waals surface area (Å²) in [5, 5.41) is 0. The molecule has 2 heterocycles. The van der Waals surface area contributed by atoms with Crippen molar-refractivity contribution in [1.29, 1.82) is 0 Å². The van der Waals surface area contributed by atoms with Gasteiger partial charge in [0.1, 0.15) is 5.82 Å². The molecular formula is C12H24N4. The standard InChI is InChI=1S/C10H18N4.C2H6/c1-12-5-7-14(8-6-12)9-10-11-3-4-13(10)2;1-2/h3-4H,5-9H2,1-2H3;1-2H3. The molecule has 1 aromatic rings.